The van der Waals surface area contributed by atoms with Gasteiger partial charge in [0.1, 0.15) is 0 Å². The van der Waals surface area contributed by atoms with Gasteiger partial charge in [-0.3, -0.25) is 0 Å². The first kappa shape index (κ1) is 13.7. The largest absolute Gasteiger partial charge is 0.398 e. The smallest absolute Gasteiger partial charge is 0.182 e. The summed E-state index contributed by atoms with van der Waals surface area (Å²) in [5.74, 6) is 0. The predicted octanol–water partition coefficient (Wildman–Crippen LogP) is 4.24. The molecule has 4 heteroatoms. The van der Waals surface area contributed by atoms with Crippen LogP contribution in [0.4, 0.5) is 5.69 Å². The number of nitrogen functional groups attached to an aromatic ring is 1. The molecule has 0 aliphatic carbocycles. The minimum Gasteiger partial charge on any atom is -0.398 e. The van der Waals surface area contributed by atoms with Gasteiger partial charge in [-0.15, -0.1) is 0 Å². The Kier molecular flexibility index (Phi) is 3.71. The van der Waals surface area contributed by atoms with Gasteiger partial charge >= 0.3 is 0 Å². The predicted molar refractivity (Wildman–Crippen MR) is 79.3 cm³/mol. The van der Waals surface area contributed by atoms with Crippen LogP contribution in [0, 0.1) is 18.3 Å². The molecule has 0 bridgehead atoms. The standard InChI is InChI=1S/C15H12Cl2N2/c1-10-7-12(13(16)8-14(10)19)15(17,9-18)11-5-3-2-4-6-11/h2-8H,19H2,1H3. The maximum absolute atomic E-state index is 9.50. The van der Waals surface area contributed by atoms with E-state index < -0.39 is 4.87 Å². The number of benzene rings is 2. The van der Waals surface area contributed by atoms with Gasteiger partial charge in [-0.2, -0.15) is 5.26 Å². The number of halogens is 2. The Balaban J connectivity index is 2.67. The zero-order valence-electron chi connectivity index (χ0n) is 10.3. The van der Waals surface area contributed by atoms with Crippen LogP contribution < -0.4 is 5.73 Å². The average molecular weight is 291 g/mol. The molecule has 0 saturated carbocycles. The highest BCUT2D eigenvalue weighted by Crippen LogP contribution is 2.41. The van der Waals surface area contributed by atoms with Gasteiger partial charge in [0.05, 0.1) is 6.07 Å². The third-order valence-electron chi connectivity index (χ3n) is 3.05. The van der Waals surface area contributed by atoms with Crippen molar-refractivity contribution in [3.05, 3.63) is 64.2 Å². The van der Waals surface area contributed by atoms with E-state index in [-0.39, 0.29) is 0 Å². The molecular formula is C15H12Cl2N2. The Labute approximate surface area is 122 Å². The number of nitrogens with zero attached hydrogens (tertiary/aromatic N) is 1. The average Bonchev–Trinajstić information content (AvgIpc) is 2.43. The van der Waals surface area contributed by atoms with Crippen LogP contribution in [0.2, 0.25) is 5.02 Å². The summed E-state index contributed by atoms with van der Waals surface area (Å²) in [4.78, 5) is -1.31. The lowest BCUT2D eigenvalue weighted by Gasteiger charge is -2.22. The molecule has 0 aliphatic heterocycles. The van der Waals surface area contributed by atoms with Crippen molar-refractivity contribution in [3.8, 4) is 6.07 Å². The number of hydrogen-bond acceptors (Lipinski definition) is 2. The second kappa shape index (κ2) is 5.13. The molecule has 2 aromatic carbocycles. The molecular weight excluding hydrogens is 279 g/mol. The Morgan fingerprint density at radius 1 is 1.21 bits per heavy atom. The SMILES string of the molecule is Cc1cc(C(Cl)(C#N)c2ccccc2)c(Cl)cc1N. The molecule has 2 rings (SSSR count). The van der Waals surface area contributed by atoms with Crippen LogP contribution in [0.25, 0.3) is 0 Å². The van der Waals surface area contributed by atoms with Gasteiger partial charge < -0.3 is 5.73 Å². The van der Waals surface area contributed by atoms with Crippen LogP contribution in [0.3, 0.4) is 0 Å². The first-order valence-electron chi connectivity index (χ1n) is 5.71. The van der Waals surface area contributed by atoms with Gasteiger partial charge in [0.2, 0.25) is 0 Å². The Morgan fingerprint density at radius 3 is 2.42 bits per heavy atom. The number of alkyl halides is 1. The van der Waals surface area contributed by atoms with Crippen LogP contribution in [-0.2, 0) is 4.87 Å². The van der Waals surface area contributed by atoms with E-state index in [1.54, 1.807) is 24.3 Å². The van der Waals surface area contributed by atoms with Crippen LogP contribution in [0.5, 0.6) is 0 Å². The molecule has 0 aromatic heterocycles. The van der Waals surface area contributed by atoms with Crippen molar-refractivity contribution >= 4 is 28.9 Å². The second-order valence-electron chi connectivity index (χ2n) is 4.32. The van der Waals surface area contributed by atoms with Crippen molar-refractivity contribution in [1.82, 2.24) is 0 Å². The minimum absolute atomic E-state index is 0.392. The molecule has 0 spiro atoms. The van der Waals surface area contributed by atoms with E-state index in [1.165, 1.54) is 0 Å². The van der Waals surface area contributed by atoms with E-state index in [1.807, 2.05) is 25.1 Å². The lowest BCUT2D eigenvalue weighted by atomic mass is 9.90. The quantitative estimate of drug-likeness (QED) is 0.664. The molecule has 0 fully saturated rings. The molecule has 0 saturated heterocycles. The molecule has 96 valence electrons. The van der Waals surface area contributed by atoms with Crippen molar-refractivity contribution in [3.63, 3.8) is 0 Å². The van der Waals surface area contributed by atoms with Gasteiger partial charge in [0.15, 0.2) is 4.87 Å². The van der Waals surface area contributed by atoms with Gasteiger partial charge in [0.25, 0.3) is 0 Å². The van der Waals surface area contributed by atoms with Gasteiger partial charge in [-0.1, -0.05) is 53.5 Å². The topological polar surface area (TPSA) is 49.8 Å². The molecule has 2 aromatic rings. The molecule has 0 aliphatic rings. The number of rotatable bonds is 2. The normalized spacial score (nSPS) is 13.6. The van der Waals surface area contributed by atoms with Crippen molar-refractivity contribution < 1.29 is 0 Å². The maximum Gasteiger partial charge on any atom is 0.182 e. The van der Waals surface area contributed by atoms with Crippen LogP contribution in [-0.4, -0.2) is 0 Å². The summed E-state index contributed by atoms with van der Waals surface area (Å²) in [5, 5.41) is 9.90. The molecule has 1 atom stereocenters. The molecule has 2 nitrogen and oxygen atoms in total. The number of nitriles is 1. The fourth-order valence-electron chi connectivity index (χ4n) is 1.91. The Bertz CT molecular complexity index is 647. The highest BCUT2D eigenvalue weighted by molar-refractivity contribution is 6.35. The van der Waals surface area contributed by atoms with Gasteiger partial charge in [-0.05, 0) is 30.2 Å². The van der Waals surface area contributed by atoms with Crippen molar-refractivity contribution in [2.24, 2.45) is 0 Å². The monoisotopic (exact) mass is 290 g/mol. The summed E-state index contributed by atoms with van der Waals surface area (Å²) in [6.07, 6.45) is 0. The van der Waals surface area contributed by atoms with E-state index >= 15 is 0 Å². The third-order valence-corrected chi connectivity index (χ3v) is 3.87. The fraction of sp³-hybridized carbons (Fsp3) is 0.133. The van der Waals surface area contributed by atoms with E-state index in [0.29, 0.717) is 21.8 Å². The first-order chi connectivity index (χ1) is 8.99. The van der Waals surface area contributed by atoms with E-state index in [2.05, 4.69) is 6.07 Å². The highest BCUT2D eigenvalue weighted by atomic mass is 35.5. The molecule has 19 heavy (non-hydrogen) atoms. The number of anilines is 1. The molecule has 0 heterocycles. The highest BCUT2D eigenvalue weighted by Gasteiger charge is 2.34. The molecule has 0 amide bonds. The fourth-order valence-corrected chi connectivity index (χ4v) is 2.55. The molecule has 1 unspecified atom stereocenters. The maximum atomic E-state index is 9.50. The summed E-state index contributed by atoms with van der Waals surface area (Å²) >= 11 is 12.7. The van der Waals surface area contributed by atoms with Crippen LogP contribution in [0.1, 0.15) is 16.7 Å². The number of nitrogens with two attached hydrogens (primary N) is 1. The van der Waals surface area contributed by atoms with Crippen LogP contribution >= 0.6 is 23.2 Å². The van der Waals surface area contributed by atoms with Gasteiger partial charge in [-0.25, -0.2) is 0 Å². The third kappa shape index (κ3) is 2.40. The van der Waals surface area contributed by atoms with E-state index in [9.17, 15) is 5.26 Å². The zero-order chi connectivity index (χ0) is 14.0. The second-order valence-corrected chi connectivity index (χ2v) is 5.30. The lowest BCUT2D eigenvalue weighted by molar-refractivity contribution is 0.936. The summed E-state index contributed by atoms with van der Waals surface area (Å²) in [6.45, 7) is 1.86. The van der Waals surface area contributed by atoms with E-state index in [0.717, 1.165) is 5.56 Å². The number of aryl methyl sites for hydroxylation is 1. The molecule has 0 radical (unpaired) electrons. The van der Waals surface area contributed by atoms with E-state index in [4.69, 9.17) is 28.9 Å². The van der Waals surface area contributed by atoms with Crippen molar-refractivity contribution in [2.45, 2.75) is 11.8 Å². The summed E-state index contributed by atoms with van der Waals surface area (Å²) in [5.41, 5.74) is 8.47. The first-order valence-corrected chi connectivity index (χ1v) is 6.46. The van der Waals surface area contributed by atoms with Crippen molar-refractivity contribution in [1.29, 1.82) is 5.26 Å². The van der Waals surface area contributed by atoms with Crippen LogP contribution in [0.15, 0.2) is 42.5 Å². The minimum atomic E-state index is -1.31. The zero-order valence-corrected chi connectivity index (χ0v) is 11.8. The summed E-state index contributed by atoms with van der Waals surface area (Å²) in [6, 6.07) is 14.7. The molecule has 2 N–H and O–H groups in total. The lowest BCUT2D eigenvalue weighted by Crippen LogP contribution is -2.19. The Morgan fingerprint density at radius 2 is 1.84 bits per heavy atom. The summed E-state index contributed by atoms with van der Waals surface area (Å²) < 4.78 is 0. The Hall–Kier alpha value is -1.69. The number of hydrogen-bond donors (Lipinski definition) is 1. The van der Waals surface area contributed by atoms with Gasteiger partial charge in [0, 0.05) is 16.3 Å². The van der Waals surface area contributed by atoms with Crippen molar-refractivity contribution in [2.75, 3.05) is 5.73 Å². The summed E-state index contributed by atoms with van der Waals surface area (Å²) in [7, 11) is 0.